The van der Waals surface area contributed by atoms with Crippen LogP contribution in [0, 0.1) is 12.3 Å². The Balaban J connectivity index is 2.39. The quantitative estimate of drug-likeness (QED) is 0.468. The maximum atomic E-state index is 12.2. The molecule has 0 saturated carbocycles. The van der Waals surface area contributed by atoms with Gasteiger partial charge in [-0.15, -0.1) is 11.3 Å². The van der Waals surface area contributed by atoms with Crippen LogP contribution in [0.3, 0.4) is 0 Å². The van der Waals surface area contributed by atoms with Gasteiger partial charge in [-0.05, 0) is 63.9 Å². The maximum absolute atomic E-state index is 12.2. The van der Waals surface area contributed by atoms with Crippen LogP contribution in [0.15, 0.2) is 30.3 Å². The van der Waals surface area contributed by atoms with Gasteiger partial charge in [0.15, 0.2) is 6.10 Å². The SMILES string of the molecule is CC(=N)c1nc2cc(C)c(C(OC(C)(C)C)C(=O)O)c(-c3ccc(Cl)cc3)c2s1. The van der Waals surface area contributed by atoms with Crippen LogP contribution >= 0.6 is 22.9 Å². The molecule has 0 fully saturated rings. The van der Waals surface area contributed by atoms with Crippen LogP contribution in [0.1, 0.15) is 49.9 Å². The van der Waals surface area contributed by atoms with Crippen molar-refractivity contribution in [3.05, 3.63) is 51.5 Å². The van der Waals surface area contributed by atoms with E-state index in [9.17, 15) is 9.90 Å². The number of halogens is 1. The number of fused-ring (bicyclic) bond motifs is 1. The van der Waals surface area contributed by atoms with E-state index >= 15 is 0 Å². The molecule has 1 unspecified atom stereocenters. The first kappa shape index (κ1) is 21.4. The normalized spacial score (nSPS) is 12.9. The number of benzene rings is 2. The van der Waals surface area contributed by atoms with E-state index in [0.717, 1.165) is 26.9 Å². The van der Waals surface area contributed by atoms with E-state index in [1.807, 2.05) is 45.9 Å². The van der Waals surface area contributed by atoms with Gasteiger partial charge in [0.25, 0.3) is 0 Å². The Morgan fingerprint density at radius 2 is 1.90 bits per heavy atom. The van der Waals surface area contributed by atoms with Crippen molar-refractivity contribution in [2.45, 2.75) is 46.3 Å². The number of nitrogens with zero attached hydrogens (tertiary/aromatic N) is 1. The zero-order valence-corrected chi connectivity index (χ0v) is 18.5. The molecule has 2 N–H and O–H groups in total. The number of carboxylic acid groups (broad SMARTS) is 1. The lowest BCUT2D eigenvalue weighted by Crippen LogP contribution is -2.28. The highest BCUT2D eigenvalue weighted by atomic mass is 35.5. The van der Waals surface area contributed by atoms with Gasteiger partial charge < -0.3 is 15.3 Å². The number of hydrogen-bond donors (Lipinski definition) is 2. The summed E-state index contributed by atoms with van der Waals surface area (Å²) >= 11 is 7.46. The Hall–Kier alpha value is -2.28. The van der Waals surface area contributed by atoms with E-state index in [1.165, 1.54) is 11.3 Å². The zero-order valence-electron chi connectivity index (χ0n) is 17.0. The number of hydrogen-bond acceptors (Lipinski definition) is 5. The Morgan fingerprint density at radius 3 is 2.41 bits per heavy atom. The van der Waals surface area contributed by atoms with E-state index in [0.29, 0.717) is 21.3 Å². The summed E-state index contributed by atoms with van der Waals surface area (Å²) in [5, 5.41) is 19.2. The number of thiazole rings is 1. The molecule has 2 aromatic carbocycles. The molecule has 3 rings (SSSR count). The first-order chi connectivity index (χ1) is 13.5. The van der Waals surface area contributed by atoms with Crippen molar-refractivity contribution >= 4 is 44.8 Å². The van der Waals surface area contributed by atoms with Crippen molar-refractivity contribution in [2.24, 2.45) is 0 Å². The average molecular weight is 431 g/mol. The number of carboxylic acids is 1. The number of aromatic nitrogens is 1. The van der Waals surface area contributed by atoms with Gasteiger partial charge in [-0.3, -0.25) is 0 Å². The molecule has 0 aliphatic heterocycles. The summed E-state index contributed by atoms with van der Waals surface area (Å²) in [4.78, 5) is 16.8. The first-order valence-electron chi connectivity index (χ1n) is 9.14. The fourth-order valence-electron chi connectivity index (χ4n) is 3.20. The van der Waals surface area contributed by atoms with E-state index in [-0.39, 0.29) is 0 Å². The standard InChI is InChI=1S/C22H23ClN2O3S/c1-11-10-15-19(29-20(25-15)12(2)24)17(13-6-8-14(23)9-7-13)16(11)18(21(26)27)28-22(3,4)5/h6-10,18,24H,1-5H3,(H,26,27). The fourth-order valence-corrected chi connectivity index (χ4v) is 4.35. The Morgan fingerprint density at radius 1 is 1.28 bits per heavy atom. The fraction of sp³-hybridized carbons (Fsp3) is 0.318. The molecule has 1 aromatic heterocycles. The molecule has 1 heterocycles. The lowest BCUT2D eigenvalue weighted by Gasteiger charge is -2.28. The van der Waals surface area contributed by atoms with E-state index in [1.54, 1.807) is 19.1 Å². The van der Waals surface area contributed by atoms with Gasteiger partial charge in [-0.1, -0.05) is 23.7 Å². The van der Waals surface area contributed by atoms with E-state index in [4.69, 9.17) is 21.7 Å². The minimum Gasteiger partial charge on any atom is -0.479 e. The first-order valence-corrected chi connectivity index (χ1v) is 10.3. The molecular formula is C22H23ClN2O3S. The Labute approximate surface area is 178 Å². The molecule has 0 saturated heterocycles. The molecule has 0 bridgehead atoms. The van der Waals surface area contributed by atoms with Gasteiger partial charge in [0.05, 0.1) is 21.5 Å². The van der Waals surface area contributed by atoms with Crippen molar-refractivity contribution in [3.8, 4) is 11.1 Å². The van der Waals surface area contributed by atoms with Gasteiger partial charge in [0.1, 0.15) is 5.01 Å². The minimum atomic E-state index is -1.14. The summed E-state index contributed by atoms with van der Waals surface area (Å²) in [5.74, 6) is -1.05. The third-order valence-electron chi connectivity index (χ3n) is 4.34. The van der Waals surface area contributed by atoms with Crippen LogP contribution in [-0.4, -0.2) is 27.4 Å². The van der Waals surface area contributed by atoms with Crippen molar-refractivity contribution in [2.75, 3.05) is 0 Å². The van der Waals surface area contributed by atoms with E-state index < -0.39 is 17.7 Å². The molecule has 29 heavy (non-hydrogen) atoms. The monoisotopic (exact) mass is 430 g/mol. The molecule has 0 amide bonds. The van der Waals surface area contributed by atoms with Crippen LogP contribution in [-0.2, 0) is 9.53 Å². The molecule has 0 aliphatic rings. The molecule has 7 heteroatoms. The smallest absolute Gasteiger partial charge is 0.337 e. The molecule has 0 aliphatic carbocycles. The largest absolute Gasteiger partial charge is 0.479 e. The van der Waals surface area contributed by atoms with Crippen molar-refractivity contribution in [3.63, 3.8) is 0 Å². The van der Waals surface area contributed by atoms with Crippen molar-refractivity contribution in [1.82, 2.24) is 4.98 Å². The number of ether oxygens (including phenoxy) is 1. The lowest BCUT2D eigenvalue weighted by atomic mass is 9.91. The van der Waals surface area contributed by atoms with E-state index in [2.05, 4.69) is 4.98 Å². The molecule has 3 aromatic rings. The second-order valence-electron chi connectivity index (χ2n) is 7.93. The highest BCUT2D eigenvalue weighted by molar-refractivity contribution is 7.21. The molecular weight excluding hydrogens is 408 g/mol. The minimum absolute atomic E-state index is 0.369. The molecule has 1 atom stereocenters. The van der Waals surface area contributed by atoms with Gasteiger partial charge >= 0.3 is 5.97 Å². The number of nitrogens with one attached hydrogen (secondary N) is 1. The summed E-state index contributed by atoms with van der Waals surface area (Å²) < 4.78 is 6.80. The lowest BCUT2D eigenvalue weighted by molar-refractivity contribution is -0.160. The predicted molar refractivity (Wildman–Crippen MR) is 119 cm³/mol. The maximum Gasteiger partial charge on any atom is 0.337 e. The highest BCUT2D eigenvalue weighted by Gasteiger charge is 2.32. The summed E-state index contributed by atoms with van der Waals surface area (Å²) in [6, 6.07) is 9.16. The third-order valence-corrected chi connectivity index (χ3v) is 5.80. The Bertz CT molecular complexity index is 1100. The van der Waals surface area contributed by atoms with Crippen LogP contribution in [0.2, 0.25) is 5.02 Å². The second kappa shape index (κ2) is 7.86. The number of aryl methyl sites for hydroxylation is 1. The van der Waals surface area contributed by atoms with Gasteiger partial charge in [-0.2, -0.15) is 0 Å². The predicted octanol–water partition coefficient (Wildman–Crippen LogP) is 6.25. The zero-order chi connectivity index (χ0) is 21.5. The summed E-state index contributed by atoms with van der Waals surface area (Å²) in [7, 11) is 0. The molecule has 0 spiro atoms. The van der Waals surface area contributed by atoms with Gasteiger partial charge in [-0.25, -0.2) is 9.78 Å². The molecule has 0 radical (unpaired) electrons. The number of rotatable bonds is 5. The van der Waals surface area contributed by atoms with Crippen LogP contribution in [0.25, 0.3) is 21.3 Å². The average Bonchev–Trinajstić information content (AvgIpc) is 3.02. The number of carbonyl (C=O) groups is 1. The summed E-state index contributed by atoms with van der Waals surface area (Å²) in [6.45, 7) is 9.06. The Kier molecular flexibility index (Phi) is 5.81. The van der Waals surface area contributed by atoms with Crippen LogP contribution < -0.4 is 0 Å². The van der Waals surface area contributed by atoms with Crippen LogP contribution in [0.4, 0.5) is 0 Å². The third kappa shape index (κ3) is 4.50. The number of aliphatic carboxylic acids is 1. The second-order valence-corrected chi connectivity index (χ2v) is 9.37. The van der Waals surface area contributed by atoms with Crippen LogP contribution in [0.5, 0.6) is 0 Å². The van der Waals surface area contributed by atoms with Gasteiger partial charge in [0, 0.05) is 16.1 Å². The topological polar surface area (TPSA) is 83.3 Å². The summed E-state index contributed by atoms with van der Waals surface area (Å²) in [6.07, 6.45) is -1.14. The summed E-state index contributed by atoms with van der Waals surface area (Å²) in [5.41, 5.74) is 3.43. The molecule has 152 valence electrons. The van der Waals surface area contributed by atoms with Gasteiger partial charge in [0.2, 0.25) is 0 Å². The molecule has 5 nitrogen and oxygen atoms in total. The van der Waals surface area contributed by atoms with Crippen molar-refractivity contribution in [1.29, 1.82) is 5.41 Å². The van der Waals surface area contributed by atoms with Crippen molar-refractivity contribution < 1.29 is 14.6 Å². The highest BCUT2D eigenvalue weighted by Crippen LogP contribution is 2.42.